The van der Waals surface area contributed by atoms with Gasteiger partial charge in [0.25, 0.3) is 0 Å². The summed E-state index contributed by atoms with van der Waals surface area (Å²) in [6, 6.07) is 3.32. The van der Waals surface area contributed by atoms with E-state index in [0.717, 1.165) is 29.7 Å². The molecular weight excluding hydrogens is 340 g/mol. The standard InChI is InChI=1S/C20H20N6O/c1-3-16-13(2)10-15(11-21-16)24-20(27)25-17-12-22-18-8-9-23-26(18)19(17)14-6-4-5-7-14/h1,8-12,14H,4-7H2,2H3,(H2,24,25,27). The summed E-state index contributed by atoms with van der Waals surface area (Å²) in [6.07, 6.45) is 14.9. The number of amides is 2. The third kappa shape index (κ3) is 3.34. The van der Waals surface area contributed by atoms with E-state index < -0.39 is 0 Å². The summed E-state index contributed by atoms with van der Waals surface area (Å²) in [5.74, 6) is 2.88. The number of hydrogen-bond donors (Lipinski definition) is 2. The van der Waals surface area contributed by atoms with Gasteiger partial charge in [-0.25, -0.2) is 19.3 Å². The number of aryl methyl sites for hydroxylation is 1. The van der Waals surface area contributed by atoms with Gasteiger partial charge in [0, 0.05) is 12.0 Å². The Morgan fingerprint density at radius 1 is 1.26 bits per heavy atom. The number of rotatable bonds is 3. The first-order valence-corrected chi connectivity index (χ1v) is 8.99. The van der Waals surface area contributed by atoms with Crippen LogP contribution in [0.5, 0.6) is 0 Å². The molecule has 0 unspecified atom stereocenters. The van der Waals surface area contributed by atoms with Crippen molar-refractivity contribution in [2.24, 2.45) is 0 Å². The third-order valence-electron chi connectivity index (χ3n) is 4.92. The smallest absolute Gasteiger partial charge is 0.306 e. The number of aromatic nitrogens is 4. The van der Waals surface area contributed by atoms with Crippen molar-refractivity contribution in [1.29, 1.82) is 0 Å². The number of carbonyl (C=O) groups is 1. The summed E-state index contributed by atoms with van der Waals surface area (Å²) >= 11 is 0. The number of nitrogens with one attached hydrogen (secondary N) is 2. The molecule has 1 aliphatic rings. The molecule has 136 valence electrons. The number of anilines is 2. The number of terminal acetylenes is 1. The normalized spacial score (nSPS) is 14.2. The molecule has 3 aromatic heterocycles. The predicted molar refractivity (Wildman–Crippen MR) is 104 cm³/mol. The Kier molecular flexibility index (Phi) is 4.47. The van der Waals surface area contributed by atoms with Crippen LogP contribution in [0.3, 0.4) is 0 Å². The maximum absolute atomic E-state index is 12.5. The molecule has 2 amide bonds. The lowest BCUT2D eigenvalue weighted by atomic mass is 10.0. The van der Waals surface area contributed by atoms with E-state index >= 15 is 0 Å². The molecule has 7 heteroatoms. The van der Waals surface area contributed by atoms with Crippen molar-refractivity contribution >= 4 is 23.1 Å². The molecule has 0 atom stereocenters. The minimum Gasteiger partial charge on any atom is -0.306 e. The maximum atomic E-state index is 12.5. The van der Waals surface area contributed by atoms with Gasteiger partial charge >= 0.3 is 6.03 Å². The van der Waals surface area contributed by atoms with Gasteiger partial charge in [0.2, 0.25) is 0 Å². The highest BCUT2D eigenvalue weighted by molar-refractivity contribution is 6.00. The van der Waals surface area contributed by atoms with Crippen LogP contribution in [0.4, 0.5) is 16.2 Å². The summed E-state index contributed by atoms with van der Waals surface area (Å²) in [5.41, 5.74) is 4.46. The van der Waals surface area contributed by atoms with Crippen molar-refractivity contribution in [3.63, 3.8) is 0 Å². The quantitative estimate of drug-likeness (QED) is 0.697. The number of nitrogens with zero attached hydrogens (tertiary/aromatic N) is 4. The number of hydrogen-bond acceptors (Lipinski definition) is 4. The van der Waals surface area contributed by atoms with E-state index in [2.05, 4.69) is 31.6 Å². The molecule has 4 rings (SSSR count). The second-order valence-corrected chi connectivity index (χ2v) is 6.75. The molecule has 1 aliphatic carbocycles. The molecule has 0 aromatic carbocycles. The molecule has 2 N–H and O–H groups in total. The lowest BCUT2D eigenvalue weighted by molar-refractivity contribution is 0.262. The first kappa shape index (κ1) is 17.0. The van der Waals surface area contributed by atoms with Crippen LogP contribution >= 0.6 is 0 Å². The third-order valence-corrected chi connectivity index (χ3v) is 4.92. The molecule has 0 bridgehead atoms. The zero-order chi connectivity index (χ0) is 18.8. The number of pyridine rings is 1. The second-order valence-electron chi connectivity index (χ2n) is 6.75. The number of carbonyl (C=O) groups excluding carboxylic acids is 1. The summed E-state index contributed by atoms with van der Waals surface area (Å²) in [6.45, 7) is 1.86. The minimum atomic E-state index is -0.350. The first-order valence-electron chi connectivity index (χ1n) is 8.99. The fraction of sp³-hybridized carbons (Fsp3) is 0.300. The molecule has 1 saturated carbocycles. The zero-order valence-electron chi connectivity index (χ0n) is 15.1. The van der Waals surface area contributed by atoms with E-state index in [1.807, 2.05) is 17.5 Å². The summed E-state index contributed by atoms with van der Waals surface area (Å²) < 4.78 is 1.83. The SMILES string of the molecule is C#Cc1ncc(NC(=O)Nc2cnc3ccnn3c2C2CCCC2)cc1C. The predicted octanol–water partition coefficient (Wildman–Crippen LogP) is 3.72. The Morgan fingerprint density at radius 3 is 2.81 bits per heavy atom. The molecule has 0 radical (unpaired) electrons. The van der Waals surface area contributed by atoms with E-state index in [0.29, 0.717) is 23.0 Å². The van der Waals surface area contributed by atoms with Crippen LogP contribution in [0.1, 0.15) is 48.6 Å². The minimum absolute atomic E-state index is 0.350. The Morgan fingerprint density at radius 2 is 2.07 bits per heavy atom. The van der Waals surface area contributed by atoms with Crippen LogP contribution in [0.2, 0.25) is 0 Å². The molecule has 27 heavy (non-hydrogen) atoms. The van der Waals surface area contributed by atoms with E-state index in [9.17, 15) is 4.79 Å². The van der Waals surface area contributed by atoms with Gasteiger partial charge in [-0.05, 0) is 37.3 Å². The van der Waals surface area contributed by atoms with Gasteiger partial charge < -0.3 is 10.6 Å². The number of urea groups is 1. The molecule has 7 nitrogen and oxygen atoms in total. The van der Waals surface area contributed by atoms with Crippen LogP contribution in [0.15, 0.2) is 30.7 Å². The van der Waals surface area contributed by atoms with Crippen molar-refractivity contribution in [1.82, 2.24) is 19.6 Å². The highest BCUT2D eigenvalue weighted by Crippen LogP contribution is 2.37. The fourth-order valence-electron chi connectivity index (χ4n) is 3.66. The van der Waals surface area contributed by atoms with Gasteiger partial charge in [0.1, 0.15) is 5.69 Å². The van der Waals surface area contributed by atoms with Crippen LogP contribution in [-0.2, 0) is 0 Å². The van der Waals surface area contributed by atoms with E-state index in [1.54, 1.807) is 24.7 Å². The van der Waals surface area contributed by atoms with Crippen LogP contribution in [0.25, 0.3) is 5.65 Å². The second kappa shape index (κ2) is 7.08. The molecule has 1 fully saturated rings. The average molecular weight is 360 g/mol. The van der Waals surface area contributed by atoms with Crippen molar-refractivity contribution in [3.05, 3.63) is 47.7 Å². The Labute approximate surface area is 157 Å². The van der Waals surface area contributed by atoms with E-state index in [1.165, 1.54) is 12.8 Å². The van der Waals surface area contributed by atoms with Gasteiger partial charge in [0.15, 0.2) is 5.65 Å². The summed E-state index contributed by atoms with van der Waals surface area (Å²) in [4.78, 5) is 21.1. The monoisotopic (exact) mass is 360 g/mol. The van der Waals surface area contributed by atoms with Crippen LogP contribution in [0, 0.1) is 19.3 Å². The highest BCUT2D eigenvalue weighted by Gasteiger charge is 2.24. The average Bonchev–Trinajstić information content (AvgIpc) is 3.33. The molecule has 3 aromatic rings. The largest absolute Gasteiger partial charge is 0.323 e. The van der Waals surface area contributed by atoms with Gasteiger partial charge in [-0.3, -0.25) is 0 Å². The lowest BCUT2D eigenvalue weighted by Crippen LogP contribution is -2.22. The molecule has 0 saturated heterocycles. The first-order chi connectivity index (χ1) is 13.2. The number of fused-ring (bicyclic) bond motifs is 1. The summed E-state index contributed by atoms with van der Waals surface area (Å²) in [7, 11) is 0. The molecular formula is C20H20N6O. The van der Waals surface area contributed by atoms with Crippen molar-refractivity contribution in [2.45, 2.75) is 38.5 Å². The van der Waals surface area contributed by atoms with E-state index in [-0.39, 0.29) is 6.03 Å². The molecule has 0 spiro atoms. The van der Waals surface area contributed by atoms with Crippen LogP contribution in [-0.4, -0.2) is 25.6 Å². The topological polar surface area (TPSA) is 84.2 Å². The van der Waals surface area contributed by atoms with Gasteiger partial charge in [0.05, 0.1) is 35.7 Å². The molecule has 3 heterocycles. The maximum Gasteiger partial charge on any atom is 0.323 e. The van der Waals surface area contributed by atoms with E-state index in [4.69, 9.17) is 6.42 Å². The fourth-order valence-corrected chi connectivity index (χ4v) is 3.66. The van der Waals surface area contributed by atoms with Crippen molar-refractivity contribution in [3.8, 4) is 12.3 Å². The Balaban J connectivity index is 1.59. The summed E-state index contributed by atoms with van der Waals surface area (Å²) in [5, 5.41) is 10.1. The Bertz CT molecular complexity index is 1040. The molecule has 0 aliphatic heterocycles. The van der Waals surface area contributed by atoms with Crippen LogP contribution < -0.4 is 10.6 Å². The van der Waals surface area contributed by atoms with Crippen molar-refractivity contribution in [2.75, 3.05) is 10.6 Å². The van der Waals surface area contributed by atoms with Gasteiger partial charge in [-0.2, -0.15) is 5.10 Å². The van der Waals surface area contributed by atoms with Gasteiger partial charge in [-0.1, -0.05) is 12.8 Å². The highest BCUT2D eigenvalue weighted by atomic mass is 16.2. The van der Waals surface area contributed by atoms with Gasteiger partial charge in [-0.15, -0.1) is 6.42 Å². The zero-order valence-corrected chi connectivity index (χ0v) is 15.1. The van der Waals surface area contributed by atoms with Crippen molar-refractivity contribution < 1.29 is 4.79 Å². The lowest BCUT2D eigenvalue weighted by Gasteiger charge is -2.17. The Hall–Kier alpha value is -3.40.